The summed E-state index contributed by atoms with van der Waals surface area (Å²) in [4.78, 5) is 10.3. The van der Waals surface area contributed by atoms with Gasteiger partial charge < -0.3 is 24.8 Å². The van der Waals surface area contributed by atoms with Gasteiger partial charge in [-0.1, -0.05) is 0 Å². The zero-order chi connectivity index (χ0) is 19.8. The lowest BCUT2D eigenvalue weighted by Gasteiger charge is -2.14. The number of hydrogen-bond donors (Lipinski definition) is 2. The van der Waals surface area contributed by atoms with Crippen LogP contribution < -0.4 is 24.8 Å². The third-order valence-corrected chi connectivity index (χ3v) is 4.98. The van der Waals surface area contributed by atoms with E-state index in [1.54, 1.807) is 32.7 Å². The van der Waals surface area contributed by atoms with Gasteiger partial charge in [-0.3, -0.25) is 0 Å². The lowest BCUT2D eigenvalue weighted by molar-refractivity contribution is 0.324. The molecule has 2 N–H and O–H groups in total. The first-order valence-corrected chi connectivity index (χ1v) is 9.57. The van der Waals surface area contributed by atoms with E-state index in [2.05, 4.69) is 20.6 Å². The monoisotopic (exact) mass is 392 g/mol. The maximum Gasteiger partial charge on any atom is 0.203 e. The minimum absolute atomic E-state index is 0.479. The fourth-order valence-corrected chi connectivity index (χ4v) is 3.52. The largest absolute Gasteiger partial charge is 0.493 e. The highest BCUT2D eigenvalue weighted by Gasteiger charge is 2.13. The molecule has 1 aromatic heterocycles. The third kappa shape index (κ3) is 5.50. The zero-order valence-corrected chi connectivity index (χ0v) is 17.6. The Labute approximate surface area is 164 Å². The van der Waals surface area contributed by atoms with Crippen LogP contribution in [0.3, 0.4) is 0 Å². The second-order valence-electron chi connectivity index (χ2n) is 5.82. The fourth-order valence-electron chi connectivity index (χ4n) is 2.64. The number of aliphatic imine (C=N–C) groups is 1. The topological polar surface area (TPSA) is 77.0 Å². The van der Waals surface area contributed by atoms with Crippen molar-refractivity contribution in [1.82, 2.24) is 15.6 Å². The summed E-state index contributed by atoms with van der Waals surface area (Å²) in [5, 5.41) is 7.70. The van der Waals surface area contributed by atoms with Gasteiger partial charge in [0.2, 0.25) is 5.75 Å². The van der Waals surface area contributed by atoms with Crippen molar-refractivity contribution in [2.45, 2.75) is 33.9 Å². The molecule has 0 atom stereocenters. The highest BCUT2D eigenvalue weighted by molar-refractivity contribution is 7.11. The Kier molecular flexibility index (Phi) is 7.72. The second kappa shape index (κ2) is 10.0. The summed E-state index contributed by atoms with van der Waals surface area (Å²) in [7, 11) is 4.80. The number of thiazole rings is 1. The number of methoxy groups -OCH3 is 3. The summed E-state index contributed by atoms with van der Waals surface area (Å²) in [5.74, 6) is 2.57. The first-order valence-electron chi connectivity index (χ1n) is 8.76. The molecule has 148 valence electrons. The Hall–Kier alpha value is -2.48. The maximum absolute atomic E-state index is 5.40. The maximum atomic E-state index is 5.40. The van der Waals surface area contributed by atoms with Crippen molar-refractivity contribution in [3.05, 3.63) is 33.3 Å². The Bertz CT molecular complexity index is 764. The van der Waals surface area contributed by atoms with E-state index in [9.17, 15) is 0 Å². The Morgan fingerprint density at radius 1 is 1.07 bits per heavy atom. The number of benzene rings is 1. The van der Waals surface area contributed by atoms with Gasteiger partial charge in [0.25, 0.3) is 0 Å². The van der Waals surface area contributed by atoms with Gasteiger partial charge in [0.15, 0.2) is 17.5 Å². The molecule has 0 unspecified atom stereocenters. The van der Waals surface area contributed by atoms with Crippen LogP contribution in [0.25, 0.3) is 0 Å². The predicted octanol–water partition coefficient (Wildman–Crippen LogP) is 3.04. The molecule has 0 spiro atoms. The lowest BCUT2D eigenvalue weighted by Crippen LogP contribution is -2.36. The van der Waals surface area contributed by atoms with Crippen LogP contribution in [0.2, 0.25) is 0 Å². The summed E-state index contributed by atoms with van der Waals surface area (Å²) < 4.78 is 16.2. The van der Waals surface area contributed by atoms with Crippen LogP contribution in [0.15, 0.2) is 17.1 Å². The molecule has 27 heavy (non-hydrogen) atoms. The van der Waals surface area contributed by atoms with Crippen LogP contribution in [0.5, 0.6) is 17.2 Å². The minimum Gasteiger partial charge on any atom is -0.493 e. The van der Waals surface area contributed by atoms with E-state index >= 15 is 0 Å². The summed E-state index contributed by atoms with van der Waals surface area (Å²) in [6, 6.07) is 3.82. The molecule has 0 aliphatic rings. The first-order chi connectivity index (χ1) is 13.0. The van der Waals surface area contributed by atoms with Crippen molar-refractivity contribution in [1.29, 1.82) is 0 Å². The van der Waals surface area contributed by atoms with Gasteiger partial charge in [-0.15, -0.1) is 11.3 Å². The molecule has 0 aliphatic heterocycles. The zero-order valence-electron chi connectivity index (χ0n) is 16.8. The lowest BCUT2D eigenvalue weighted by atomic mass is 10.2. The van der Waals surface area contributed by atoms with Crippen molar-refractivity contribution < 1.29 is 14.2 Å². The summed E-state index contributed by atoms with van der Waals surface area (Å²) in [6.45, 7) is 8.04. The Morgan fingerprint density at radius 2 is 1.74 bits per heavy atom. The molecular formula is C19H28N4O3S. The molecule has 0 amide bonds. The molecule has 1 aromatic carbocycles. The van der Waals surface area contributed by atoms with Crippen LogP contribution in [-0.4, -0.2) is 38.8 Å². The number of aryl methyl sites for hydroxylation is 2. The quantitative estimate of drug-likeness (QED) is 0.531. The van der Waals surface area contributed by atoms with Gasteiger partial charge in [0.1, 0.15) is 0 Å². The summed E-state index contributed by atoms with van der Waals surface area (Å²) >= 11 is 1.70. The normalized spacial score (nSPS) is 11.3. The number of hydrogen-bond acceptors (Lipinski definition) is 6. The standard InChI is InChI=1S/C19H28N4O3S/c1-7-20-19(22-11-17-12(2)23-13(3)27-17)21-10-14-8-15(24-4)18(26-6)16(9-14)25-5/h8-9H,7,10-11H2,1-6H3,(H2,20,21,22). The molecule has 2 aromatic rings. The van der Waals surface area contributed by atoms with Gasteiger partial charge >= 0.3 is 0 Å². The van der Waals surface area contributed by atoms with E-state index in [-0.39, 0.29) is 0 Å². The average Bonchev–Trinajstić information content (AvgIpc) is 3.00. The molecule has 8 heteroatoms. The molecule has 0 fully saturated rings. The molecule has 0 saturated heterocycles. The fraction of sp³-hybridized carbons (Fsp3) is 0.474. The van der Waals surface area contributed by atoms with Gasteiger partial charge in [-0.05, 0) is 38.5 Å². The average molecular weight is 393 g/mol. The molecule has 0 saturated carbocycles. The van der Waals surface area contributed by atoms with Crippen molar-refractivity contribution in [2.24, 2.45) is 4.99 Å². The van der Waals surface area contributed by atoms with Crippen molar-refractivity contribution in [2.75, 3.05) is 27.9 Å². The Balaban J connectivity index is 2.15. The van der Waals surface area contributed by atoms with E-state index in [1.807, 2.05) is 32.9 Å². The summed E-state index contributed by atoms with van der Waals surface area (Å²) in [5.41, 5.74) is 2.02. The van der Waals surface area contributed by atoms with E-state index in [0.717, 1.165) is 28.8 Å². The van der Waals surface area contributed by atoms with Crippen LogP contribution in [0.1, 0.15) is 28.1 Å². The number of rotatable bonds is 8. The molecule has 7 nitrogen and oxygen atoms in total. The number of ether oxygens (including phenoxy) is 3. The van der Waals surface area contributed by atoms with Crippen molar-refractivity contribution in [3.63, 3.8) is 0 Å². The molecule has 1 heterocycles. The van der Waals surface area contributed by atoms with E-state index < -0.39 is 0 Å². The van der Waals surface area contributed by atoms with E-state index in [0.29, 0.717) is 30.3 Å². The number of nitrogens with one attached hydrogen (secondary N) is 2. The molecule has 2 rings (SSSR count). The van der Waals surface area contributed by atoms with Crippen molar-refractivity contribution >= 4 is 17.3 Å². The van der Waals surface area contributed by atoms with Crippen LogP contribution in [0.4, 0.5) is 0 Å². The van der Waals surface area contributed by atoms with Gasteiger partial charge in [-0.2, -0.15) is 0 Å². The van der Waals surface area contributed by atoms with Crippen molar-refractivity contribution in [3.8, 4) is 17.2 Å². The van der Waals surface area contributed by atoms with Gasteiger partial charge in [0, 0.05) is 11.4 Å². The van der Waals surface area contributed by atoms with E-state index in [1.165, 1.54) is 4.88 Å². The molecule has 0 radical (unpaired) electrons. The number of nitrogens with zero attached hydrogens (tertiary/aromatic N) is 2. The predicted molar refractivity (Wildman–Crippen MR) is 109 cm³/mol. The number of aromatic nitrogens is 1. The third-order valence-electron chi connectivity index (χ3n) is 3.90. The molecule has 0 aliphatic carbocycles. The highest BCUT2D eigenvalue weighted by atomic mass is 32.1. The first kappa shape index (κ1) is 20.8. The van der Waals surface area contributed by atoms with Crippen LogP contribution in [0, 0.1) is 13.8 Å². The SMILES string of the molecule is CCNC(=NCc1cc(OC)c(OC)c(OC)c1)NCc1sc(C)nc1C. The highest BCUT2D eigenvalue weighted by Crippen LogP contribution is 2.38. The smallest absolute Gasteiger partial charge is 0.203 e. The number of guanidine groups is 1. The second-order valence-corrected chi connectivity index (χ2v) is 7.11. The Morgan fingerprint density at radius 3 is 2.22 bits per heavy atom. The van der Waals surface area contributed by atoms with Gasteiger partial charge in [-0.25, -0.2) is 9.98 Å². The molecule has 0 bridgehead atoms. The molecular weight excluding hydrogens is 364 g/mol. The van der Waals surface area contributed by atoms with E-state index in [4.69, 9.17) is 14.2 Å². The minimum atomic E-state index is 0.479. The van der Waals surface area contributed by atoms with Crippen LogP contribution >= 0.6 is 11.3 Å². The summed E-state index contributed by atoms with van der Waals surface area (Å²) in [6.07, 6.45) is 0. The van der Waals surface area contributed by atoms with Gasteiger partial charge in [0.05, 0.1) is 45.1 Å². The van der Waals surface area contributed by atoms with Crippen LogP contribution in [-0.2, 0) is 13.1 Å².